The summed E-state index contributed by atoms with van der Waals surface area (Å²) in [4.78, 5) is 41.5. The maximum atomic E-state index is 12.6. The summed E-state index contributed by atoms with van der Waals surface area (Å²) in [6.45, 7) is 10.2. The van der Waals surface area contributed by atoms with E-state index in [2.05, 4.69) is 10.3 Å². The zero-order chi connectivity index (χ0) is 24.4. The van der Waals surface area contributed by atoms with Crippen LogP contribution in [0.4, 0.5) is 11.5 Å². The number of carbonyl (C=O) groups is 1. The summed E-state index contributed by atoms with van der Waals surface area (Å²) in [5.41, 5.74) is 6.38. The number of ether oxygens (including phenoxy) is 1. The zero-order valence-electron chi connectivity index (χ0n) is 20.1. The fraction of sp³-hybridized carbons (Fsp3) is 0.542. The lowest BCUT2D eigenvalue weighted by molar-refractivity contribution is -0.119. The standard InChI is InChI=1S/C24H37N5O4/c1-17(2)13-28(21-22(25)29(14-18(3)4)24(32)27-23(21)31)15-20(30)26-11-8-12-33-16-19-9-6-5-7-10-19/h5-7,9-10,17-18H,8,11-16,25H2,1-4H3,(H,26,30)(H,27,31,32). The number of aromatic amines is 1. The van der Waals surface area contributed by atoms with E-state index in [1.807, 2.05) is 58.0 Å². The van der Waals surface area contributed by atoms with Gasteiger partial charge in [0.25, 0.3) is 5.56 Å². The lowest BCUT2D eigenvalue weighted by Crippen LogP contribution is -2.44. The van der Waals surface area contributed by atoms with Gasteiger partial charge in [-0.1, -0.05) is 58.0 Å². The van der Waals surface area contributed by atoms with Gasteiger partial charge in [-0.05, 0) is 23.8 Å². The number of nitrogens with two attached hydrogens (primary N) is 1. The van der Waals surface area contributed by atoms with E-state index < -0.39 is 11.2 Å². The molecule has 0 aliphatic heterocycles. The first kappa shape index (κ1) is 26.2. The number of nitrogens with one attached hydrogen (secondary N) is 2. The normalized spacial score (nSPS) is 11.2. The first-order valence-electron chi connectivity index (χ1n) is 11.4. The molecule has 2 rings (SSSR count). The molecule has 0 bridgehead atoms. The number of hydrogen-bond donors (Lipinski definition) is 3. The number of carbonyl (C=O) groups excluding carboxylic acids is 1. The number of nitrogen functional groups attached to an aromatic ring is 1. The third-order valence-electron chi connectivity index (χ3n) is 4.90. The van der Waals surface area contributed by atoms with E-state index in [0.29, 0.717) is 39.3 Å². The predicted octanol–water partition coefficient (Wildman–Crippen LogP) is 1.96. The molecule has 0 saturated heterocycles. The van der Waals surface area contributed by atoms with E-state index in [4.69, 9.17) is 10.5 Å². The third kappa shape index (κ3) is 8.42. The van der Waals surface area contributed by atoms with Crippen molar-refractivity contribution in [2.24, 2.45) is 11.8 Å². The molecule has 0 aliphatic rings. The van der Waals surface area contributed by atoms with Gasteiger partial charge in [-0.3, -0.25) is 19.1 Å². The van der Waals surface area contributed by atoms with Crippen LogP contribution in [-0.2, 0) is 22.7 Å². The number of hydrogen-bond acceptors (Lipinski definition) is 6. The minimum Gasteiger partial charge on any atom is -0.383 e. The fourth-order valence-corrected chi connectivity index (χ4v) is 3.50. The molecule has 9 nitrogen and oxygen atoms in total. The molecule has 1 heterocycles. The van der Waals surface area contributed by atoms with E-state index in [0.717, 1.165) is 5.56 Å². The Bertz CT molecular complexity index is 998. The van der Waals surface area contributed by atoms with E-state index in [9.17, 15) is 14.4 Å². The molecule has 0 atom stereocenters. The van der Waals surface area contributed by atoms with Crippen molar-refractivity contribution in [3.63, 3.8) is 0 Å². The Morgan fingerprint density at radius 3 is 2.48 bits per heavy atom. The highest BCUT2D eigenvalue weighted by atomic mass is 16.5. The quantitative estimate of drug-likeness (QED) is 0.394. The molecule has 2 aromatic rings. The van der Waals surface area contributed by atoms with E-state index >= 15 is 0 Å². The van der Waals surface area contributed by atoms with Crippen LogP contribution in [-0.4, -0.2) is 41.7 Å². The predicted molar refractivity (Wildman–Crippen MR) is 131 cm³/mol. The number of anilines is 2. The molecule has 182 valence electrons. The molecule has 33 heavy (non-hydrogen) atoms. The van der Waals surface area contributed by atoms with Gasteiger partial charge in [0.2, 0.25) is 5.91 Å². The second kappa shape index (κ2) is 12.8. The number of nitrogens with zero attached hydrogens (tertiary/aromatic N) is 2. The molecule has 0 spiro atoms. The molecule has 0 saturated carbocycles. The van der Waals surface area contributed by atoms with Crippen LogP contribution in [0.5, 0.6) is 0 Å². The minimum atomic E-state index is -0.583. The third-order valence-corrected chi connectivity index (χ3v) is 4.90. The molecule has 0 unspecified atom stereocenters. The summed E-state index contributed by atoms with van der Waals surface area (Å²) in [5.74, 6) is 0.197. The van der Waals surface area contributed by atoms with Crippen molar-refractivity contribution in [2.45, 2.75) is 47.3 Å². The first-order valence-corrected chi connectivity index (χ1v) is 11.4. The average Bonchev–Trinajstić information content (AvgIpc) is 2.73. The smallest absolute Gasteiger partial charge is 0.330 e. The van der Waals surface area contributed by atoms with Crippen molar-refractivity contribution < 1.29 is 9.53 Å². The van der Waals surface area contributed by atoms with Gasteiger partial charge in [-0.2, -0.15) is 0 Å². The monoisotopic (exact) mass is 459 g/mol. The highest BCUT2D eigenvalue weighted by Crippen LogP contribution is 2.18. The Balaban J connectivity index is 1.98. The lowest BCUT2D eigenvalue weighted by atomic mass is 10.2. The molecule has 1 aromatic carbocycles. The Hall–Kier alpha value is -3.07. The fourth-order valence-electron chi connectivity index (χ4n) is 3.50. The number of amides is 1. The van der Waals surface area contributed by atoms with Crippen molar-refractivity contribution in [2.75, 3.05) is 36.9 Å². The van der Waals surface area contributed by atoms with Crippen LogP contribution in [0.2, 0.25) is 0 Å². The summed E-state index contributed by atoms with van der Waals surface area (Å²) in [7, 11) is 0. The zero-order valence-corrected chi connectivity index (χ0v) is 20.1. The molecule has 1 aromatic heterocycles. The average molecular weight is 460 g/mol. The molecule has 0 fully saturated rings. The Morgan fingerprint density at radius 2 is 1.85 bits per heavy atom. The van der Waals surface area contributed by atoms with Crippen LogP contribution in [0.25, 0.3) is 0 Å². The van der Waals surface area contributed by atoms with Crippen LogP contribution in [0.15, 0.2) is 39.9 Å². The van der Waals surface area contributed by atoms with Gasteiger partial charge in [0, 0.05) is 26.2 Å². The van der Waals surface area contributed by atoms with E-state index in [-0.39, 0.29) is 35.8 Å². The van der Waals surface area contributed by atoms with Crippen molar-refractivity contribution in [3.8, 4) is 0 Å². The number of aromatic nitrogens is 2. The van der Waals surface area contributed by atoms with Crippen molar-refractivity contribution in [1.82, 2.24) is 14.9 Å². The number of benzene rings is 1. The molecule has 4 N–H and O–H groups in total. The molecule has 1 amide bonds. The highest BCUT2D eigenvalue weighted by molar-refractivity contribution is 5.82. The van der Waals surface area contributed by atoms with Gasteiger partial charge >= 0.3 is 5.69 Å². The Labute approximate surface area is 194 Å². The van der Waals surface area contributed by atoms with Gasteiger partial charge in [0.05, 0.1) is 13.2 Å². The van der Waals surface area contributed by atoms with Gasteiger partial charge in [0.1, 0.15) is 11.5 Å². The maximum Gasteiger partial charge on any atom is 0.330 e. The summed E-state index contributed by atoms with van der Waals surface area (Å²) >= 11 is 0. The van der Waals surface area contributed by atoms with Gasteiger partial charge in [0.15, 0.2) is 0 Å². The van der Waals surface area contributed by atoms with Crippen LogP contribution in [0.1, 0.15) is 39.7 Å². The second-order valence-corrected chi connectivity index (χ2v) is 9.01. The number of rotatable bonds is 13. The topological polar surface area (TPSA) is 122 Å². The number of H-pyrrole nitrogens is 1. The van der Waals surface area contributed by atoms with E-state index in [1.165, 1.54) is 4.57 Å². The summed E-state index contributed by atoms with van der Waals surface area (Å²) < 4.78 is 6.99. The van der Waals surface area contributed by atoms with Crippen molar-refractivity contribution in [3.05, 3.63) is 56.7 Å². The van der Waals surface area contributed by atoms with Crippen molar-refractivity contribution in [1.29, 1.82) is 0 Å². The van der Waals surface area contributed by atoms with E-state index in [1.54, 1.807) is 4.90 Å². The Morgan fingerprint density at radius 1 is 1.15 bits per heavy atom. The summed E-state index contributed by atoms with van der Waals surface area (Å²) in [6, 6.07) is 9.90. The van der Waals surface area contributed by atoms with Crippen LogP contribution in [0.3, 0.4) is 0 Å². The highest BCUT2D eigenvalue weighted by Gasteiger charge is 2.22. The minimum absolute atomic E-state index is 0.0315. The maximum absolute atomic E-state index is 12.6. The molecule has 9 heteroatoms. The van der Waals surface area contributed by atoms with Crippen LogP contribution < -0.4 is 27.2 Å². The molecule has 0 radical (unpaired) electrons. The van der Waals surface area contributed by atoms with Crippen LogP contribution >= 0.6 is 0 Å². The molecular formula is C24H37N5O4. The largest absolute Gasteiger partial charge is 0.383 e. The summed E-state index contributed by atoms with van der Waals surface area (Å²) in [6.07, 6.45) is 0.671. The van der Waals surface area contributed by atoms with Gasteiger partial charge in [-0.25, -0.2) is 4.79 Å². The molecule has 0 aliphatic carbocycles. The Kier molecular flexibility index (Phi) is 10.2. The van der Waals surface area contributed by atoms with Gasteiger partial charge < -0.3 is 20.7 Å². The second-order valence-electron chi connectivity index (χ2n) is 9.01. The first-order chi connectivity index (χ1) is 15.7. The van der Waals surface area contributed by atoms with Crippen LogP contribution in [0, 0.1) is 11.8 Å². The van der Waals surface area contributed by atoms with Gasteiger partial charge in [-0.15, -0.1) is 0 Å². The lowest BCUT2D eigenvalue weighted by Gasteiger charge is -2.27. The SMILES string of the molecule is CC(C)CN(CC(=O)NCCCOCc1ccccc1)c1c(N)n(CC(C)C)c(=O)[nH]c1=O. The van der Waals surface area contributed by atoms with Crippen molar-refractivity contribution >= 4 is 17.4 Å². The summed E-state index contributed by atoms with van der Waals surface area (Å²) in [5, 5.41) is 2.87. The molecular weight excluding hydrogens is 422 g/mol.